The number of aromatic nitrogens is 1. The largest absolute Gasteiger partial charge is 0.477 e. The number of nitrogens with zero attached hydrogens (tertiary/aromatic N) is 1. The maximum Gasteiger partial charge on any atom is 0.457 e. The van der Waals surface area contributed by atoms with E-state index in [1.165, 1.54) is 10.9 Å². The number of rotatable bonds is 2. The summed E-state index contributed by atoms with van der Waals surface area (Å²) in [5.41, 5.74) is 1.85. The molecular formula is C15H15F3N2O. The monoisotopic (exact) mass is 296 g/mol. The molecule has 0 spiro atoms. The first-order valence-corrected chi connectivity index (χ1v) is 6.47. The van der Waals surface area contributed by atoms with Crippen LogP contribution in [-0.2, 0) is 13.0 Å². The lowest BCUT2D eigenvalue weighted by Gasteiger charge is -2.07. The average molecular weight is 296 g/mol. The van der Waals surface area contributed by atoms with E-state index in [9.17, 15) is 13.2 Å². The van der Waals surface area contributed by atoms with Gasteiger partial charge in [0.2, 0.25) is 5.88 Å². The third kappa shape index (κ3) is 5.43. The van der Waals surface area contributed by atoms with Crippen LogP contribution in [0, 0.1) is 0 Å². The van der Waals surface area contributed by atoms with Gasteiger partial charge in [0.05, 0.1) is 6.61 Å². The Morgan fingerprint density at radius 3 is 2.52 bits per heavy atom. The molecule has 21 heavy (non-hydrogen) atoms. The summed E-state index contributed by atoms with van der Waals surface area (Å²) in [5.74, 6) is 0.817. The number of pyridine rings is 1. The number of ether oxygens (including phenoxy) is 1. The zero-order valence-corrected chi connectivity index (χ0v) is 11.2. The van der Waals surface area contributed by atoms with Gasteiger partial charge in [0.1, 0.15) is 0 Å². The van der Waals surface area contributed by atoms with E-state index in [-0.39, 0.29) is 6.54 Å². The molecule has 1 aliphatic heterocycles. The summed E-state index contributed by atoms with van der Waals surface area (Å²) in [6, 6.07) is 12.4. The van der Waals surface area contributed by atoms with Crippen LogP contribution < -0.4 is 10.1 Å². The number of hydrogen-bond donors (Lipinski definition) is 1. The molecule has 3 rings (SSSR count). The van der Waals surface area contributed by atoms with Crippen LogP contribution in [-0.4, -0.2) is 17.9 Å². The Kier molecular flexibility index (Phi) is 5.16. The Morgan fingerprint density at radius 2 is 1.86 bits per heavy atom. The van der Waals surface area contributed by atoms with E-state index in [1.807, 2.05) is 6.07 Å². The number of hydrogen-bond acceptors (Lipinski definition) is 3. The van der Waals surface area contributed by atoms with E-state index in [2.05, 4.69) is 11.1 Å². The van der Waals surface area contributed by atoms with Crippen LogP contribution in [0.15, 0.2) is 48.7 Å². The second kappa shape index (κ2) is 7.08. The van der Waals surface area contributed by atoms with Gasteiger partial charge in [-0.05, 0) is 11.6 Å². The van der Waals surface area contributed by atoms with Crippen molar-refractivity contribution in [2.75, 3.05) is 6.61 Å². The summed E-state index contributed by atoms with van der Waals surface area (Å²) < 4.78 is 40.1. The van der Waals surface area contributed by atoms with Gasteiger partial charge in [0.15, 0.2) is 0 Å². The van der Waals surface area contributed by atoms with Crippen LogP contribution >= 0.6 is 0 Å². The van der Waals surface area contributed by atoms with Crippen LogP contribution in [0.3, 0.4) is 0 Å². The molecule has 0 bridgehead atoms. The molecule has 1 aromatic heterocycles. The predicted octanol–water partition coefficient (Wildman–Crippen LogP) is 3.31. The molecule has 0 unspecified atom stereocenters. The summed E-state index contributed by atoms with van der Waals surface area (Å²) in [4.78, 5) is 4.04. The first kappa shape index (κ1) is 15.3. The fourth-order valence-electron chi connectivity index (χ4n) is 1.80. The van der Waals surface area contributed by atoms with Crippen LogP contribution in [0.5, 0.6) is 5.88 Å². The number of fused-ring (bicyclic) bond motifs is 1. The molecule has 2 aromatic rings. The van der Waals surface area contributed by atoms with Crippen molar-refractivity contribution in [2.45, 2.75) is 19.3 Å². The summed E-state index contributed by atoms with van der Waals surface area (Å²) in [5, 5.41) is 1.44. The molecule has 0 radical (unpaired) electrons. The Labute approximate surface area is 120 Å². The van der Waals surface area contributed by atoms with Crippen LogP contribution in [0.1, 0.15) is 11.1 Å². The third-order valence-corrected chi connectivity index (χ3v) is 2.80. The van der Waals surface area contributed by atoms with E-state index >= 15 is 0 Å². The Bertz CT molecular complexity index is 535. The summed E-state index contributed by atoms with van der Waals surface area (Å²) in [6.07, 6.45) is -1.52. The lowest BCUT2D eigenvalue weighted by Crippen LogP contribution is -2.30. The molecule has 1 N–H and O–H groups in total. The van der Waals surface area contributed by atoms with E-state index in [4.69, 9.17) is 4.74 Å². The summed E-state index contributed by atoms with van der Waals surface area (Å²) in [6.45, 7) is 0.622. The van der Waals surface area contributed by atoms with E-state index in [1.54, 1.807) is 36.5 Å². The molecule has 0 saturated heterocycles. The standard InChI is InChI=1S/C8H8F3N.C7H7NO/c9-8(10,11)12-6-7-4-2-1-3-5-7;1-2-6-3-5-9-7(6)8-4-1/h1-5,12H,6H2;1-2,4H,3,5H2. The van der Waals surface area contributed by atoms with Gasteiger partial charge in [0, 0.05) is 24.7 Å². The molecule has 0 amide bonds. The molecule has 112 valence electrons. The van der Waals surface area contributed by atoms with Crippen molar-refractivity contribution in [2.24, 2.45) is 0 Å². The van der Waals surface area contributed by atoms with Gasteiger partial charge in [-0.25, -0.2) is 10.3 Å². The zero-order valence-electron chi connectivity index (χ0n) is 11.2. The minimum Gasteiger partial charge on any atom is -0.477 e. The maximum atomic E-state index is 11.6. The zero-order chi connectivity index (χ0) is 15.1. The molecular weight excluding hydrogens is 281 g/mol. The van der Waals surface area contributed by atoms with Gasteiger partial charge >= 0.3 is 6.30 Å². The Balaban J connectivity index is 0.000000159. The molecule has 0 atom stereocenters. The molecule has 3 nitrogen and oxygen atoms in total. The normalized spacial score (nSPS) is 12.9. The highest BCUT2D eigenvalue weighted by Crippen LogP contribution is 2.20. The molecule has 1 aromatic carbocycles. The number of halogens is 3. The number of benzene rings is 1. The quantitative estimate of drug-likeness (QED) is 0.863. The smallest absolute Gasteiger partial charge is 0.457 e. The van der Waals surface area contributed by atoms with Crippen molar-refractivity contribution in [1.82, 2.24) is 10.3 Å². The second-order valence-corrected chi connectivity index (χ2v) is 4.40. The highest BCUT2D eigenvalue weighted by Gasteiger charge is 2.25. The highest BCUT2D eigenvalue weighted by molar-refractivity contribution is 5.28. The first-order valence-electron chi connectivity index (χ1n) is 6.47. The van der Waals surface area contributed by atoms with Crippen LogP contribution in [0.2, 0.25) is 0 Å². The highest BCUT2D eigenvalue weighted by atomic mass is 19.4. The average Bonchev–Trinajstić information content (AvgIpc) is 2.95. The lowest BCUT2D eigenvalue weighted by atomic mass is 10.2. The molecule has 2 heterocycles. The fourth-order valence-corrected chi connectivity index (χ4v) is 1.80. The molecule has 1 aliphatic rings. The first-order chi connectivity index (χ1) is 10.0. The second-order valence-electron chi connectivity index (χ2n) is 4.40. The van der Waals surface area contributed by atoms with Crippen molar-refractivity contribution in [3.63, 3.8) is 0 Å². The number of nitrogens with one attached hydrogen (secondary N) is 1. The van der Waals surface area contributed by atoms with E-state index in [0.29, 0.717) is 5.56 Å². The minimum atomic E-state index is -4.30. The van der Waals surface area contributed by atoms with Crippen molar-refractivity contribution < 1.29 is 17.9 Å². The van der Waals surface area contributed by atoms with Crippen molar-refractivity contribution >= 4 is 0 Å². The number of alkyl halides is 3. The summed E-state index contributed by atoms with van der Waals surface area (Å²) >= 11 is 0. The van der Waals surface area contributed by atoms with Crippen LogP contribution in [0.25, 0.3) is 0 Å². The SMILES string of the molecule is FC(F)(F)NCc1ccccc1.c1cnc2c(c1)CCO2. The predicted molar refractivity (Wildman–Crippen MR) is 72.8 cm³/mol. The minimum absolute atomic E-state index is 0.176. The molecule has 0 fully saturated rings. The topological polar surface area (TPSA) is 34.2 Å². The van der Waals surface area contributed by atoms with Gasteiger partial charge in [-0.2, -0.15) is 13.2 Å². The van der Waals surface area contributed by atoms with Crippen LogP contribution in [0.4, 0.5) is 13.2 Å². The van der Waals surface area contributed by atoms with Gasteiger partial charge in [-0.3, -0.25) is 0 Å². The fraction of sp³-hybridized carbons (Fsp3) is 0.267. The summed E-state index contributed by atoms with van der Waals surface area (Å²) in [7, 11) is 0. The molecule has 6 heteroatoms. The lowest BCUT2D eigenvalue weighted by molar-refractivity contribution is -0.158. The Morgan fingerprint density at radius 1 is 1.10 bits per heavy atom. The van der Waals surface area contributed by atoms with Crippen molar-refractivity contribution in [3.8, 4) is 5.88 Å². The van der Waals surface area contributed by atoms with Crippen molar-refractivity contribution in [1.29, 1.82) is 0 Å². The molecule has 0 saturated carbocycles. The Hall–Kier alpha value is -2.08. The van der Waals surface area contributed by atoms with Gasteiger partial charge in [-0.15, -0.1) is 0 Å². The maximum absolute atomic E-state index is 11.6. The van der Waals surface area contributed by atoms with E-state index in [0.717, 1.165) is 18.9 Å². The van der Waals surface area contributed by atoms with E-state index < -0.39 is 6.30 Å². The van der Waals surface area contributed by atoms with Gasteiger partial charge < -0.3 is 4.74 Å². The van der Waals surface area contributed by atoms with Gasteiger partial charge in [0.25, 0.3) is 0 Å². The molecule has 0 aliphatic carbocycles. The third-order valence-electron chi connectivity index (χ3n) is 2.80. The van der Waals surface area contributed by atoms with Gasteiger partial charge in [-0.1, -0.05) is 36.4 Å². The van der Waals surface area contributed by atoms with Crippen molar-refractivity contribution in [3.05, 3.63) is 59.8 Å².